The van der Waals surface area contributed by atoms with Gasteiger partial charge in [0.05, 0.1) is 43.6 Å². The molecule has 2 aliphatic rings. The van der Waals surface area contributed by atoms with Crippen molar-refractivity contribution in [2.45, 2.75) is 38.1 Å². The maximum Gasteiger partial charge on any atom is 0.232 e. The van der Waals surface area contributed by atoms with Gasteiger partial charge in [-0.3, -0.25) is 4.79 Å². The molecular formula is C15H27NO7S. The highest BCUT2D eigenvalue weighted by Gasteiger charge is 2.58. The summed E-state index contributed by atoms with van der Waals surface area (Å²) in [5.41, 5.74) is -0.666. The van der Waals surface area contributed by atoms with Gasteiger partial charge in [0.15, 0.2) is 0 Å². The molecule has 0 saturated carbocycles. The predicted molar refractivity (Wildman–Crippen MR) is 86.1 cm³/mol. The highest BCUT2D eigenvalue weighted by atomic mass is 32.2. The van der Waals surface area contributed by atoms with Crippen molar-refractivity contribution in [3.05, 3.63) is 0 Å². The number of carbonyl (C=O) groups is 1. The third-order valence-corrected chi connectivity index (χ3v) is 5.32. The number of amides is 1. The van der Waals surface area contributed by atoms with E-state index in [2.05, 4.69) is 0 Å². The van der Waals surface area contributed by atoms with Crippen molar-refractivity contribution in [3.63, 3.8) is 0 Å². The van der Waals surface area contributed by atoms with E-state index in [1.54, 1.807) is 12.0 Å². The van der Waals surface area contributed by atoms with Crippen LogP contribution >= 0.6 is 0 Å². The Hall–Kier alpha value is -0.740. The zero-order chi connectivity index (χ0) is 18.0. The first-order valence-electron chi connectivity index (χ1n) is 8.00. The first kappa shape index (κ1) is 19.6. The maximum absolute atomic E-state index is 12.6. The number of sulfone groups is 1. The molecule has 2 rings (SSSR count). The molecule has 0 aromatic carbocycles. The third-order valence-electron chi connectivity index (χ3n) is 4.38. The Bertz CT molecular complexity index is 548. The van der Waals surface area contributed by atoms with Crippen molar-refractivity contribution in [1.82, 2.24) is 4.90 Å². The first-order valence-corrected chi connectivity index (χ1v) is 10.1. The Morgan fingerprint density at radius 1 is 1.38 bits per heavy atom. The molecule has 2 heterocycles. The van der Waals surface area contributed by atoms with Gasteiger partial charge in [-0.05, 0) is 20.3 Å². The predicted octanol–water partition coefficient (Wildman–Crippen LogP) is 0.0201. The lowest BCUT2D eigenvalue weighted by Crippen LogP contribution is -2.74. The summed E-state index contributed by atoms with van der Waals surface area (Å²) in [6.07, 6.45) is 1.10. The molecule has 2 saturated heterocycles. The minimum atomic E-state index is -3.29. The number of rotatable bonds is 9. The number of carbonyl (C=O) groups excluding carboxylic acids is 1. The Labute approximate surface area is 143 Å². The summed E-state index contributed by atoms with van der Waals surface area (Å²) in [5.74, 6) is -0.813. The van der Waals surface area contributed by atoms with E-state index in [1.165, 1.54) is 0 Å². The third kappa shape index (κ3) is 4.45. The van der Waals surface area contributed by atoms with E-state index in [0.717, 1.165) is 6.26 Å². The van der Waals surface area contributed by atoms with Crippen LogP contribution in [0, 0.1) is 5.92 Å². The normalized spacial score (nSPS) is 27.5. The van der Waals surface area contributed by atoms with Crippen molar-refractivity contribution >= 4 is 15.7 Å². The second-order valence-corrected chi connectivity index (χ2v) is 8.89. The largest absolute Gasteiger partial charge is 0.382 e. The lowest BCUT2D eigenvalue weighted by Gasteiger charge is -2.58. The molecule has 8 nitrogen and oxygen atoms in total. The molecule has 0 aliphatic carbocycles. The highest BCUT2D eigenvalue weighted by molar-refractivity contribution is 7.90. The topological polar surface area (TPSA) is 91.4 Å². The number of β-lactam (4-membered cyclic amide) rings is 1. The van der Waals surface area contributed by atoms with Crippen LogP contribution in [0.1, 0.15) is 20.3 Å². The molecule has 1 unspecified atom stereocenters. The van der Waals surface area contributed by atoms with Crippen molar-refractivity contribution in [1.29, 1.82) is 0 Å². The number of hydrogen-bond acceptors (Lipinski definition) is 7. The average molecular weight is 365 g/mol. The fourth-order valence-corrected chi connectivity index (χ4v) is 4.24. The zero-order valence-electron chi connectivity index (χ0n) is 14.7. The maximum atomic E-state index is 12.6. The van der Waals surface area contributed by atoms with E-state index < -0.39 is 27.6 Å². The summed E-state index contributed by atoms with van der Waals surface area (Å²) in [4.78, 5) is 14.3. The lowest BCUT2D eigenvalue weighted by atomic mass is 9.78. The van der Waals surface area contributed by atoms with Gasteiger partial charge in [-0.2, -0.15) is 0 Å². The van der Waals surface area contributed by atoms with E-state index in [4.69, 9.17) is 18.9 Å². The summed E-state index contributed by atoms with van der Waals surface area (Å²) in [6.45, 7) is 4.91. The van der Waals surface area contributed by atoms with Gasteiger partial charge in [-0.1, -0.05) is 0 Å². The number of hydrogen-bond donors (Lipinski definition) is 0. The van der Waals surface area contributed by atoms with Gasteiger partial charge in [-0.25, -0.2) is 8.42 Å². The number of nitrogens with zero attached hydrogens (tertiary/aromatic N) is 1. The molecule has 9 heteroatoms. The van der Waals surface area contributed by atoms with Crippen LogP contribution < -0.4 is 0 Å². The SMILES string of the molecule is COCCOCOC(CS(C)(=O)=O)[C@@H]1C(=O)N2[C@@H]1CCOC2(C)C. The quantitative estimate of drug-likeness (QED) is 0.323. The van der Waals surface area contributed by atoms with Crippen molar-refractivity contribution in [3.8, 4) is 0 Å². The second-order valence-electron chi connectivity index (χ2n) is 6.70. The van der Waals surface area contributed by atoms with Crippen LogP contribution in [-0.4, -0.2) is 82.8 Å². The Balaban J connectivity index is 2.03. The summed E-state index contributed by atoms with van der Waals surface area (Å²) in [7, 11) is -1.73. The molecule has 0 radical (unpaired) electrons. The van der Waals surface area contributed by atoms with Crippen LogP contribution in [0.2, 0.25) is 0 Å². The van der Waals surface area contributed by atoms with Gasteiger partial charge in [0.25, 0.3) is 0 Å². The molecule has 2 aliphatic heterocycles. The zero-order valence-corrected chi connectivity index (χ0v) is 15.5. The van der Waals surface area contributed by atoms with E-state index in [0.29, 0.717) is 26.2 Å². The number of methoxy groups -OCH3 is 1. The highest BCUT2D eigenvalue weighted by Crippen LogP contribution is 2.42. The Kier molecular flexibility index (Phi) is 6.24. The molecule has 3 atom stereocenters. The first-order chi connectivity index (χ1) is 11.2. The molecule has 24 heavy (non-hydrogen) atoms. The molecular weight excluding hydrogens is 338 g/mol. The van der Waals surface area contributed by atoms with Crippen LogP contribution in [0.25, 0.3) is 0 Å². The second kappa shape index (κ2) is 7.65. The van der Waals surface area contributed by atoms with Gasteiger partial charge in [0.2, 0.25) is 5.91 Å². The van der Waals surface area contributed by atoms with Crippen LogP contribution in [0.5, 0.6) is 0 Å². The standard InChI is InChI=1S/C15H27NO7S/c1-15(2)16-11(5-6-23-15)13(14(16)17)12(9-24(4,18)19)22-10-21-8-7-20-3/h11-13H,5-10H2,1-4H3/t11-,12?,13-/m1/s1. The summed E-state index contributed by atoms with van der Waals surface area (Å²) in [5, 5.41) is 0. The van der Waals surface area contributed by atoms with E-state index >= 15 is 0 Å². The molecule has 140 valence electrons. The fraction of sp³-hybridized carbons (Fsp3) is 0.933. The van der Waals surface area contributed by atoms with E-state index in [1.807, 2.05) is 13.8 Å². The number of ether oxygens (including phenoxy) is 4. The Morgan fingerprint density at radius 3 is 2.71 bits per heavy atom. The monoisotopic (exact) mass is 365 g/mol. The van der Waals surface area contributed by atoms with E-state index in [9.17, 15) is 13.2 Å². The molecule has 0 N–H and O–H groups in total. The van der Waals surface area contributed by atoms with Gasteiger partial charge in [0, 0.05) is 13.4 Å². The molecule has 0 spiro atoms. The van der Waals surface area contributed by atoms with Crippen molar-refractivity contribution in [2.75, 3.05) is 45.7 Å². The van der Waals surface area contributed by atoms with Gasteiger partial charge >= 0.3 is 0 Å². The van der Waals surface area contributed by atoms with Gasteiger partial charge < -0.3 is 23.8 Å². The van der Waals surface area contributed by atoms with Crippen LogP contribution in [-0.2, 0) is 33.6 Å². The smallest absolute Gasteiger partial charge is 0.232 e. The van der Waals surface area contributed by atoms with Gasteiger partial charge in [0.1, 0.15) is 22.4 Å². The van der Waals surface area contributed by atoms with Crippen molar-refractivity contribution < 1.29 is 32.2 Å². The average Bonchev–Trinajstić information content (AvgIpc) is 2.43. The molecule has 0 aromatic rings. The van der Waals surface area contributed by atoms with Crippen LogP contribution in [0.3, 0.4) is 0 Å². The molecule has 1 amide bonds. The number of fused-ring (bicyclic) bond motifs is 1. The molecule has 0 bridgehead atoms. The van der Waals surface area contributed by atoms with Crippen LogP contribution in [0.15, 0.2) is 0 Å². The molecule has 2 fully saturated rings. The molecule has 0 aromatic heterocycles. The lowest BCUT2D eigenvalue weighted by molar-refractivity contribution is -0.246. The summed E-state index contributed by atoms with van der Waals surface area (Å²) in [6, 6.07) is -0.0630. The van der Waals surface area contributed by atoms with Crippen molar-refractivity contribution in [2.24, 2.45) is 5.92 Å². The van der Waals surface area contributed by atoms with Crippen LogP contribution in [0.4, 0.5) is 0 Å². The summed E-state index contributed by atoms with van der Waals surface area (Å²) >= 11 is 0. The fourth-order valence-electron chi connectivity index (χ4n) is 3.34. The minimum Gasteiger partial charge on any atom is -0.382 e. The van der Waals surface area contributed by atoms with E-state index in [-0.39, 0.29) is 24.5 Å². The summed E-state index contributed by atoms with van der Waals surface area (Å²) < 4.78 is 44.8. The minimum absolute atomic E-state index is 0.0630. The Morgan fingerprint density at radius 2 is 2.08 bits per heavy atom. The van der Waals surface area contributed by atoms with Gasteiger partial charge in [-0.15, -0.1) is 0 Å².